The SMILES string of the molecule is O=CCc1ccc2oc(=O)ccc2c1. The van der Waals surface area contributed by atoms with E-state index in [9.17, 15) is 9.59 Å². The fourth-order valence-electron chi connectivity index (χ4n) is 1.34. The lowest BCUT2D eigenvalue weighted by Crippen LogP contribution is -1.94. The van der Waals surface area contributed by atoms with Crippen LogP contribution >= 0.6 is 0 Å². The van der Waals surface area contributed by atoms with Crippen LogP contribution in [0.2, 0.25) is 0 Å². The average molecular weight is 188 g/mol. The molecule has 2 aromatic rings. The summed E-state index contributed by atoms with van der Waals surface area (Å²) < 4.78 is 4.95. The van der Waals surface area contributed by atoms with Gasteiger partial charge in [-0.15, -0.1) is 0 Å². The topological polar surface area (TPSA) is 47.3 Å². The van der Waals surface area contributed by atoms with Crippen LogP contribution < -0.4 is 5.63 Å². The molecule has 0 bridgehead atoms. The zero-order chi connectivity index (χ0) is 9.97. The largest absolute Gasteiger partial charge is 0.423 e. The molecule has 1 heterocycles. The highest BCUT2D eigenvalue weighted by Crippen LogP contribution is 2.13. The fourth-order valence-corrected chi connectivity index (χ4v) is 1.34. The van der Waals surface area contributed by atoms with Crippen molar-refractivity contribution in [2.45, 2.75) is 6.42 Å². The Morgan fingerprint density at radius 2 is 2.07 bits per heavy atom. The van der Waals surface area contributed by atoms with Gasteiger partial charge in [-0.05, 0) is 23.8 Å². The summed E-state index contributed by atoms with van der Waals surface area (Å²) in [5.74, 6) is 0. The van der Waals surface area contributed by atoms with E-state index in [0.29, 0.717) is 12.0 Å². The molecule has 0 spiro atoms. The van der Waals surface area contributed by atoms with Gasteiger partial charge in [0.05, 0.1) is 0 Å². The first-order valence-corrected chi connectivity index (χ1v) is 4.26. The first-order chi connectivity index (χ1) is 6.79. The van der Waals surface area contributed by atoms with Crippen molar-refractivity contribution in [1.29, 1.82) is 0 Å². The Kier molecular flexibility index (Phi) is 2.14. The molecule has 0 N–H and O–H groups in total. The van der Waals surface area contributed by atoms with E-state index in [0.717, 1.165) is 17.2 Å². The molecule has 70 valence electrons. The van der Waals surface area contributed by atoms with Crippen molar-refractivity contribution in [3.05, 3.63) is 46.3 Å². The molecule has 0 amide bonds. The maximum atomic E-state index is 10.9. The molecule has 0 fully saturated rings. The molecule has 0 radical (unpaired) electrons. The Balaban J connectivity index is 2.61. The normalized spacial score (nSPS) is 10.3. The highest BCUT2D eigenvalue weighted by molar-refractivity contribution is 5.77. The van der Waals surface area contributed by atoms with Crippen molar-refractivity contribution in [2.75, 3.05) is 0 Å². The summed E-state index contributed by atoms with van der Waals surface area (Å²) in [7, 11) is 0. The van der Waals surface area contributed by atoms with Crippen molar-refractivity contribution in [3.8, 4) is 0 Å². The fraction of sp³-hybridized carbons (Fsp3) is 0.0909. The minimum atomic E-state index is -0.361. The van der Waals surface area contributed by atoms with Crippen LogP contribution in [0.15, 0.2) is 39.5 Å². The van der Waals surface area contributed by atoms with E-state index < -0.39 is 0 Å². The molecule has 3 nitrogen and oxygen atoms in total. The van der Waals surface area contributed by atoms with E-state index in [-0.39, 0.29) is 5.63 Å². The Labute approximate surface area is 80.0 Å². The van der Waals surface area contributed by atoms with Crippen molar-refractivity contribution >= 4 is 17.3 Å². The van der Waals surface area contributed by atoms with Gasteiger partial charge in [0.25, 0.3) is 0 Å². The summed E-state index contributed by atoms with van der Waals surface area (Å²) in [6.45, 7) is 0. The number of fused-ring (bicyclic) bond motifs is 1. The van der Waals surface area contributed by atoms with E-state index in [2.05, 4.69) is 0 Å². The highest BCUT2D eigenvalue weighted by Gasteiger charge is 1.98. The smallest absolute Gasteiger partial charge is 0.336 e. The standard InChI is InChI=1S/C11H8O3/c12-6-5-8-1-3-10-9(7-8)2-4-11(13)14-10/h1-4,6-7H,5H2. The highest BCUT2D eigenvalue weighted by atomic mass is 16.4. The summed E-state index contributed by atoms with van der Waals surface area (Å²) in [6, 6.07) is 8.38. The molecule has 0 aliphatic carbocycles. The molecule has 0 unspecified atom stereocenters. The first-order valence-electron chi connectivity index (χ1n) is 4.26. The van der Waals surface area contributed by atoms with Crippen LogP contribution in [-0.2, 0) is 11.2 Å². The van der Waals surface area contributed by atoms with Gasteiger partial charge in [0.15, 0.2) is 0 Å². The number of aldehydes is 1. The van der Waals surface area contributed by atoms with Gasteiger partial charge in [0.1, 0.15) is 11.9 Å². The minimum absolute atomic E-state index is 0.361. The summed E-state index contributed by atoms with van der Waals surface area (Å²) in [5.41, 5.74) is 1.11. The van der Waals surface area contributed by atoms with Crippen molar-refractivity contribution in [1.82, 2.24) is 0 Å². The number of carbonyl (C=O) groups excluding carboxylic acids is 1. The molecule has 3 heteroatoms. The molecule has 0 saturated carbocycles. The van der Waals surface area contributed by atoms with E-state index in [1.807, 2.05) is 6.07 Å². The zero-order valence-electron chi connectivity index (χ0n) is 7.40. The van der Waals surface area contributed by atoms with E-state index in [1.54, 1.807) is 18.2 Å². The van der Waals surface area contributed by atoms with Crippen LogP contribution in [0.4, 0.5) is 0 Å². The number of carbonyl (C=O) groups is 1. The van der Waals surface area contributed by atoms with Crippen LogP contribution in [0.5, 0.6) is 0 Å². The van der Waals surface area contributed by atoms with Gasteiger partial charge in [0.2, 0.25) is 0 Å². The molecule has 0 aliphatic rings. The Morgan fingerprint density at radius 3 is 2.86 bits per heavy atom. The third-order valence-corrected chi connectivity index (χ3v) is 2.00. The number of benzene rings is 1. The quantitative estimate of drug-likeness (QED) is 0.530. The number of hydrogen-bond donors (Lipinski definition) is 0. The van der Waals surface area contributed by atoms with Gasteiger partial charge in [-0.2, -0.15) is 0 Å². The summed E-state index contributed by atoms with van der Waals surface area (Å²) >= 11 is 0. The average Bonchev–Trinajstić information content (AvgIpc) is 2.19. The molecule has 14 heavy (non-hydrogen) atoms. The van der Waals surface area contributed by atoms with E-state index in [4.69, 9.17) is 4.42 Å². The number of rotatable bonds is 2. The van der Waals surface area contributed by atoms with Gasteiger partial charge in [0, 0.05) is 17.9 Å². The molecule has 0 saturated heterocycles. The maximum Gasteiger partial charge on any atom is 0.336 e. The first kappa shape index (κ1) is 8.69. The van der Waals surface area contributed by atoms with Gasteiger partial charge in [-0.1, -0.05) is 6.07 Å². The third kappa shape index (κ3) is 1.57. The van der Waals surface area contributed by atoms with Crippen molar-refractivity contribution < 1.29 is 9.21 Å². The molecular formula is C11H8O3. The van der Waals surface area contributed by atoms with Gasteiger partial charge >= 0.3 is 5.63 Å². The van der Waals surface area contributed by atoms with Crippen LogP contribution in [0.1, 0.15) is 5.56 Å². The summed E-state index contributed by atoms with van der Waals surface area (Å²) in [4.78, 5) is 21.2. The molecule has 1 aromatic heterocycles. The second kappa shape index (κ2) is 3.46. The zero-order valence-corrected chi connectivity index (χ0v) is 7.40. The Bertz CT molecular complexity index is 525. The third-order valence-electron chi connectivity index (χ3n) is 2.00. The lowest BCUT2D eigenvalue weighted by atomic mass is 10.1. The Hall–Kier alpha value is -1.90. The molecule has 2 rings (SSSR count). The van der Waals surface area contributed by atoms with E-state index in [1.165, 1.54) is 6.07 Å². The second-order valence-corrected chi connectivity index (χ2v) is 3.00. The van der Waals surface area contributed by atoms with E-state index >= 15 is 0 Å². The van der Waals surface area contributed by atoms with Gasteiger partial charge in [-0.25, -0.2) is 4.79 Å². The molecule has 0 aliphatic heterocycles. The predicted molar refractivity (Wildman–Crippen MR) is 52.3 cm³/mol. The van der Waals surface area contributed by atoms with Crippen LogP contribution in [-0.4, -0.2) is 6.29 Å². The van der Waals surface area contributed by atoms with Crippen molar-refractivity contribution in [2.24, 2.45) is 0 Å². The Morgan fingerprint density at radius 1 is 1.21 bits per heavy atom. The van der Waals surface area contributed by atoms with Crippen molar-refractivity contribution in [3.63, 3.8) is 0 Å². The molecular weight excluding hydrogens is 180 g/mol. The van der Waals surface area contributed by atoms with Crippen LogP contribution in [0, 0.1) is 0 Å². The summed E-state index contributed by atoms with van der Waals surface area (Å²) in [6.07, 6.45) is 1.23. The molecule has 1 aromatic carbocycles. The monoisotopic (exact) mass is 188 g/mol. The lowest BCUT2D eigenvalue weighted by molar-refractivity contribution is -0.107. The van der Waals surface area contributed by atoms with Gasteiger partial charge in [-0.3, -0.25) is 0 Å². The second-order valence-electron chi connectivity index (χ2n) is 3.00. The van der Waals surface area contributed by atoms with Crippen LogP contribution in [0.3, 0.4) is 0 Å². The molecule has 0 atom stereocenters. The minimum Gasteiger partial charge on any atom is -0.423 e. The predicted octanol–water partition coefficient (Wildman–Crippen LogP) is 1.53. The van der Waals surface area contributed by atoms with Crippen LogP contribution in [0.25, 0.3) is 11.0 Å². The number of hydrogen-bond acceptors (Lipinski definition) is 3. The maximum absolute atomic E-state index is 10.9. The van der Waals surface area contributed by atoms with Gasteiger partial charge < -0.3 is 9.21 Å². The summed E-state index contributed by atoms with van der Waals surface area (Å²) in [5, 5.41) is 0.837. The lowest BCUT2D eigenvalue weighted by Gasteiger charge is -1.98.